The Bertz CT molecular complexity index is 945. The second-order valence-corrected chi connectivity index (χ2v) is 7.85. The van der Waals surface area contributed by atoms with Gasteiger partial charge in [-0.3, -0.25) is 4.79 Å². The summed E-state index contributed by atoms with van der Waals surface area (Å²) >= 11 is 7.62. The smallest absolute Gasteiger partial charge is 0.260 e. The van der Waals surface area contributed by atoms with Crippen molar-refractivity contribution in [2.24, 2.45) is 0 Å². The van der Waals surface area contributed by atoms with Crippen LogP contribution in [0.25, 0.3) is 10.2 Å². The van der Waals surface area contributed by atoms with E-state index in [4.69, 9.17) is 11.6 Å². The van der Waals surface area contributed by atoms with Crippen LogP contribution in [-0.2, 0) is 19.4 Å². The van der Waals surface area contributed by atoms with Gasteiger partial charge in [0.15, 0.2) is 5.82 Å². The van der Waals surface area contributed by atoms with Gasteiger partial charge in [0.2, 0.25) is 0 Å². The molecule has 0 saturated carbocycles. The first-order valence-corrected chi connectivity index (χ1v) is 9.43. The summed E-state index contributed by atoms with van der Waals surface area (Å²) in [5, 5.41) is 3.74. The molecule has 0 spiro atoms. The molecule has 3 N–H and O–H groups in total. The van der Waals surface area contributed by atoms with Gasteiger partial charge in [-0.25, -0.2) is 4.98 Å². The van der Waals surface area contributed by atoms with Crippen molar-refractivity contribution in [2.45, 2.75) is 38.8 Å². The van der Waals surface area contributed by atoms with E-state index in [-0.39, 0.29) is 11.6 Å². The average molecular weight is 361 g/mol. The molecule has 1 aliphatic carbocycles. The molecule has 0 aliphatic heterocycles. The number of thiophene rings is 1. The van der Waals surface area contributed by atoms with Crippen LogP contribution in [-0.4, -0.2) is 9.97 Å². The standard InChI is InChI=1S/C18H18ClN3OS/c1-10(11-5-7-12(19)8-6-11)20-9-15-21-17(23)16-13-3-2-4-14(13)24-18(16)22-15/h5-8,10,20H,2-4,9H2,1H3,(H,21,22,23)/p+1/t10-/m0/s1. The van der Waals surface area contributed by atoms with Crippen LogP contribution in [0.3, 0.4) is 0 Å². The molecule has 1 aliphatic rings. The first-order valence-electron chi connectivity index (χ1n) is 8.24. The van der Waals surface area contributed by atoms with Crippen LogP contribution in [0.4, 0.5) is 0 Å². The second kappa shape index (κ2) is 6.31. The van der Waals surface area contributed by atoms with Crippen molar-refractivity contribution in [3.8, 4) is 0 Å². The van der Waals surface area contributed by atoms with E-state index in [1.54, 1.807) is 11.3 Å². The SMILES string of the molecule is C[C@H]([NH2+]Cc1nc2sc3c(c2c(=O)[nH]1)CCC3)c1ccc(Cl)cc1. The summed E-state index contributed by atoms with van der Waals surface area (Å²) in [5.74, 6) is 0.744. The van der Waals surface area contributed by atoms with E-state index in [0.29, 0.717) is 6.54 Å². The number of nitrogens with two attached hydrogens (primary N) is 1. The number of quaternary nitrogens is 1. The van der Waals surface area contributed by atoms with Gasteiger partial charge in [0.1, 0.15) is 17.4 Å². The number of rotatable bonds is 4. The first kappa shape index (κ1) is 15.8. The Balaban J connectivity index is 1.54. The predicted molar refractivity (Wildman–Crippen MR) is 97.8 cm³/mol. The largest absolute Gasteiger partial charge is 0.334 e. The van der Waals surface area contributed by atoms with E-state index in [2.05, 4.69) is 22.2 Å². The molecule has 24 heavy (non-hydrogen) atoms. The molecule has 0 unspecified atom stereocenters. The highest BCUT2D eigenvalue weighted by molar-refractivity contribution is 7.18. The molecule has 4 rings (SSSR count). The molecule has 6 heteroatoms. The van der Waals surface area contributed by atoms with Gasteiger partial charge >= 0.3 is 0 Å². The zero-order valence-electron chi connectivity index (χ0n) is 13.4. The molecule has 0 bridgehead atoms. The van der Waals surface area contributed by atoms with Crippen molar-refractivity contribution in [2.75, 3.05) is 0 Å². The topological polar surface area (TPSA) is 62.4 Å². The molecular weight excluding hydrogens is 342 g/mol. The van der Waals surface area contributed by atoms with Gasteiger partial charge in [0, 0.05) is 15.5 Å². The number of hydrogen-bond acceptors (Lipinski definition) is 3. The maximum absolute atomic E-state index is 12.5. The summed E-state index contributed by atoms with van der Waals surface area (Å²) in [6, 6.07) is 8.15. The minimum Gasteiger partial charge on any atom is -0.334 e. The van der Waals surface area contributed by atoms with Crippen molar-refractivity contribution in [1.82, 2.24) is 9.97 Å². The minimum atomic E-state index is 0.0157. The lowest BCUT2D eigenvalue weighted by Gasteiger charge is -2.10. The lowest BCUT2D eigenvalue weighted by Crippen LogP contribution is -2.83. The highest BCUT2D eigenvalue weighted by atomic mass is 35.5. The average Bonchev–Trinajstić information content (AvgIpc) is 3.13. The van der Waals surface area contributed by atoms with Gasteiger partial charge in [0.05, 0.1) is 5.39 Å². The molecule has 0 amide bonds. The molecule has 3 aromatic rings. The molecule has 2 aromatic heterocycles. The summed E-state index contributed by atoms with van der Waals surface area (Å²) in [6.07, 6.45) is 3.26. The van der Waals surface area contributed by atoms with Crippen LogP contribution in [0.2, 0.25) is 5.02 Å². The Morgan fingerprint density at radius 1 is 1.33 bits per heavy atom. The third-order valence-electron chi connectivity index (χ3n) is 4.68. The zero-order chi connectivity index (χ0) is 16.7. The highest BCUT2D eigenvalue weighted by Gasteiger charge is 2.21. The Hall–Kier alpha value is -1.69. The minimum absolute atomic E-state index is 0.0157. The second-order valence-electron chi connectivity index (χ2n) is 6.33. The van der Waals surface area contributed by atoms with Gasteiger partial charge in [-0.2, -0.15) is 0 Å². The third kappa shape index (κ3) is 2.88. The van der Waals surface area contributed by atoms with Crippen LogP contribution in [0, 0.1) is 0 Å². The predicted octanol–water partition coefficient (Wildman–Crippen LogP) is 2.95. The van der Waals surface area contributed by atoms with Gasteiger partial charge in [0.25, 0.3) is 5.56 Å². The summed E-state index contributed by atoms with van der Waals surface area (Å²) in [6.45, 7) is 2.79. The van der Waals surface area contributed by atoms with Crippen LogP contribution in [0.5, 0.6) is 0 Å². The Kier molecular flexibility index (Phi) is 4.16. The number of fused-ring (bicyclic) bond motifs is 3. The van der Waals surface area contributed by atoms with Crippen LogP contribution in [0.1, 0.15) is 41.2 Å². The van der Waals surface area contributed by atoms with Gasteiger partial charge in [-0.15, -0.1) is 11.3 Å². The number of halogens is 1. The van der Waals surface area contributed by atoms with Crippen molar-refractivity contribution < 1.29 is 5.32 Å². The molecule has 124 valence electrons. The zero-order valence-corrected chi connectivity index (χ0v) is 15.0. The fourth-order valence-corrected chi connectivity index (χ4v) is 4.74. The lowest BCUT2D eigenvalue weighted by atomic mass is 10.1. The van der Waals surface area contributed by atoms with E-state index in [9.17, 15) is 4.79 Å². The third-order valence-corrected chi connectivity index (χ3v) is 6.12. The van der Waals surface area contributed by atoms with Crippen LogP contribution in [0.15, 0.2) is 29.1 Å². The maximum atomic E-state index is 12.5. The monoisotopic (exact) mass is 360 g/mol. The normalized spacial score (nSPS) is 14.9. The maximum Gasteiger partial charge on any atom is 0.260 e. The molecule has 1 atom stereocenters. The highest BCUT2D eigenvalue weighted by Crippen LogP contribution is 2.34. The van der Waals surface area contributed by atoms with E-state index >= 15 is 0 Å². The Labute approximate surface area is 148 Å². The Morgan fingerprint density at radius 2 is 2.12 bits per heavy atom. The van der Waals surface area contributed by atoms with E-state index < -0.39 is 0 Å². The van der Waals surface area contributed by atoms with Crippen LogP contribution >= 0.6 is 22.9 Å². The Morgan fingerprint density at radius 3 is 2.92 bits per heavy atom. The van der Waals surface area contributed by atoms with E-state index in [1.807, 2.05) is 24.3 Å². The number of nitrogens with one attached hydrogen (secondary N) is 1. The molecule has 0 radical (unpaired) electrons. The molecular formula is C18H19ClN3OS+. The first-order chi connectivity index (χ1) is 11.6. The number of aromatic nitrogens is 2. The van der Waals surface area contributed by atoms with Crippen molar-refractivity contribution in [1.29, 1.82) is 0 Å². The van der Waals surface area contributed by atoms with Crippen molar-refractivity contribution in [3.05, 3.63) is 61.5 Å². The van der Waals surface area contributed by atoms with Gasteiger partial charge in [-0.1, -0.05) is 23.7 Å². The fourth-order valence-electron chi connectivity index (χ4n) is 3.33. The number of benzene rings is 1. The van der Waals surface area contributed by atoms with Crippen molar-refractivity contribution in [3.63, 3.8) is 0 Å². The lowest BCUT2D eigenvalue weighted by molar-refractivity contribution is -0.708. The summed E-state index contributed by atoms with van der Waals surface area (Å²) in [5.41, 5.74) is 2.45. The summed E-state index contributed by atoms with van der Waals surface area (Å²) < 4.78 is 0. The quantitative estimate of drug-likeness (QED) is 0.751. The number of nitrogens with zero attached hydrogens (tertiary/aromatic N) is 1. The van der Waals surface area contributed by atoms with Gasteiger partial charge < -0.3 is 10.3 Å². The number of aryl methyl sites for hydroxylation is 2. The molecule has 1 aromatic carbocycles. The van der Waals surface area contributed by atoms with Crippen LogP contribution < -0.4 is 10.9 Å². The number of hydrogen-bond donors (Lipinski definition) is 2. The van der Waals surface area contributed by atoms with Gasteiger partial charge in [-0.05, 0) is 43.9 Å². The molecule has 0 fully saturated rings. The van der Waals surface area contributed by atoms with E-state index in [1.165, 1.54) is 16.0 Å². The fraction of sp³-hybridized carbons (Fsp3) is 0.333. The number of aromatic amines is 1. The number of H-pyrrole nitrogens is 1. The summed E-state index contributed by atoms with van der Waals surface area (Å²) in [4.78, 5) is 22.4. The molecule has 2 heterocycles. The molecule has 4 nitrogen and oxygen atoms in total. The summed E-state index contributed by atoms with van der Waals surface area (Å²) in [7, 11) is 0. The van der Waals surface area contributed by atoms with E-state index in [0.717, 1.165) is 40.3 Å². The molecule has 0 saturated heterocycles. The van der Waals surface area contributed by atoms with Crippen molar-refractivity contribution >= 4 is 33.2 Å².